The van der Waals surface area contributed by atoms with Crippen molar-refractivity contribution in [3.63, 3.8) is 0 Å². The number of amides is 3. The van der Waals surface area contributed by atoms with Gasteiger partial charge in [0.1, 0.15) is 11.3 Å². The molecule has 50 heavy (non-hydrogen) atoms. The Bertz CT molecular complexity index is 1740. The largest absolute Gasteiger partial charge is 0.444 e. The molecule has 1 saturated heterocycles. The van der Waals surface area contributed by atoms with Crippen LogP contribution < -0.4 is 10.6 Å². The number of imidazole rings is 1. The van der Waals surface area contributed by atoms with Crippen molar-refractivity contribution in [2.45, 2.75) is 96.0 Å². The number of ether oxygens (including phenoxy) is 1. The molecule has 13 nitrogen and oxygen atoms in total. The molecule has 272 valence electrons. The summed E-state index contributed by atoms with van der Waals surface area (Å²) < 4.78 is 81.8. The number of hydrogen-bond acceptors (Lipinski definition) is 9. The summed E-state index contributed by atoms with van der Waals surface area (Å²) in [5.41, 5.74) is 0.473. The summed E-state index contributed by atoms with van der Waals surface area (Å²) in [6.07, 6.45) is -1.58. The number of carbonyl (C=O) groups is 3. The summed E-state index contributed by atoms with van der Waals surface area (Å²) in [6, 6.07) is 0.194. The lowest BCUT2D eigenvalue weighted by molar-refractivity contribution is -0.183. The van der Waals surface area contributed by atoms with Gasteiger partial charge in [-0.1, -0.05) is 5.16 Å². The highest BCUT2D eigenvalue weighted by Crippen LogP contribution is 2.44. The fourth-order valence-electron chi connectivity index (χ4n) is 6.75. The van der Waals surface area contributed by atoms with Crippen LogP contribution in [0.1, 0.15) is 98.8 Å². The van der Waals surface area contributed by atoms with Gasteiger partial charge in [-0.05, 0) is 82.0 Å². The maximum Gasteiger partial charge on any atom is 0.410 e. The van der Waals surface area contributed by atoms with Crippen LogP contribution in [0.25, 0.3) is 5.65 Å². The van der Waals surface area contributed by atoms with Crippen LogP contribution in [-0.2, 0) is 9.53 Å². The van der Waals surface area contributed by atoms with Crippen LogP contribution in [0.2, 0.25) is 0 Å². The summed E-state index contributed by atoms with van der Waals surface area (Å²) in [5.74, 6) is -8.31. The summed E-state index contributed by atoms with van der Waals surface area (Å²) >= 11 is 0. The van der Waals surface area contributed by atoms with Crippen molar-refractivity contribution >= 4 is 23.6 Å². The minimum absolute atomic E-state index is 0.0485. The summed E-state index contributed by atoms with van der Waals surface area (Å²) in [4.78, 5) is 44.9. The van der Waals surface area contributed by atoms with Gasteiger partial charge in [0, 0.05) is 25.9 Å². The average molecular weight is 711 g/mol. The Morgan fingerprint density at radius 2 is 1.68 bits per heavy atom. The first kappa shape index (κ1) is 35.4. The molecule has 0 bridgehead atoms. The SMILES string of the molecule is Cc1nonc1C(=O)N[C@H](c1cn2ncc([C@H](NC(=O)C3CN(C(=O)OC(C)(C)C)CC3C(F)(F)F)C3CC3)cc2n1)C1CCC(F)(F)CC1. The van der Waals surface area contributed by atoms with E-state index in [1.54, 1.807) is 40.0 Å². The molecular formula is C32H39F5N8O5. The van der Waals surface area contributed by atoms with Crippen molar-refractivity contribution in [3.8, 4) is 0 Å². The lowest BCUT2D eigenvalue weighted by atomic mass is 9.81. The molecule has 3 aromatic rings. The van der Waals surface area contributed by atoms with Gasteiger partial charge in [0.15, 0.2) is 11.3 Å². The van der Waals surface area contributed by atoms with E-state index in [1.165, 1.54) is 10.7 Å². The normalized spacial score (nSPS) is 22.7. The first-order valence-corrected chi connectivity index (χ1v) is 16.6. The number of likely N-dealkylation sites (tertiary alicyclic amines) is 1. The van der Waals surface area contributed by atoms with Crippen molar-refractivity contribution in [3.05, 3.63) is 41.1 Å². The number of aromatic nitrogens is 5. The molecule has 0 spiro atoms. The highest BCUT2D eigenvalue weighted by molar-refractivity contribution is 5.93. The quantitative estimate of drug-likeness (QED) is 0.295. The third kappa shape index (κ3) is 7.83. The molecular weight excluding hydrogens is 671 g/mol. The number of carbonyl (C=O) groups excluding carboxylic acids is 3. The van der Waals surface area contributed by atoms with Gasteiger partial charge in [-0.2, -0.15) is 18.3 Å². The van der Waals surface area contributed by atoms with Crippen molar-refractivity contribution in [1.82, 2.24) is 40.4 Å². The monoisotopic (exact) mass is 710 g/mol. The molecule has 3 fully saturated rings. The molecule has 18 heteroatoms. The molecule has 0 aromatic carbocycles. The van der Waals surface area contributed by atoms with Gasteiger partial charge < -0.3 is 20.3 Å². The van der Waals surface area contributed by atoms with E-state index in [0.29, 0.717) is 16.9 Å². The van der Waals surface area contributed by atoms with Gasteiger partial charge >= 0.3 is 12.3 Å². The van der Waals surface area contributed by atoms with Crippen molar-refractivity contribution in [2.75, 3.05) is 13.1 Å². The molecule has 2 aliphatic carbocycles. The van der Waals surface area contributed by atoms with Crippen molar-refractivity contribution < 1.29 is 45.7 Å². The zero-order chi connectivity index (χ0) is 36.2. The predicted octanol–water partition coefficient (Wildman–Crippen LogP) is 5.33. The van der Waals surface area contributed by atoms with E-state index in [9.17, 15) is 36.3 Å². The van der Waals surface area contributed by atoms with Gasteiger partial charge in [-0.15, -0.1) is 0 Å². The minimum atomic E-state index is -4.73. The van der Waals surface area contributed by atoms with Gasteiger partial charge in [0.05, 0.1) is 42.0 Å². The predicted molar refractivity (Wildman–Crippen MR) is 164 cm³/mol. The third-order valence-corrected chi connectivity index (χ3v) is 9.55. The van der Waals surface area contributed by atoms with Crippen molar-refractivity contribution in [2.24, 2.45) is 23.7 Å². The van der Waals surface area contributed by atoms with Crippen LogP contribution in [0, 0.1) is 30.6 Å². The number of nitrogens with one attached hydrogen (secondary N) is 2. The lowest BCUT2D eigenvalue weighted by Gasteiger charge is -2.33. The number of hydrogen-bond donors (Lipinski definition) is 2. The maximum atomic E-state index is 14.1. The first-order valence-electron chi connectivity index (χ1n) is 16.6. The van der Waals surface area contributed by atoms with Crippen molar-refractivity contribution in [1.29, 1.82) is 0 Å². The van der Waals surface area contributed by atoms with Gasteiger partial charge in [-0.3, -0.25) is 9.59 Å². The van der Waals surface area contributed by atoms with Gasteiger partial charge in [0.2, 0.25) is 11.8 Å². The van der Waals surface area contributed by atoms with Crippen LogP contribution >= 0.6 is 0 Å². The second-order valence-corrected chi connectivity index (χ2v) is 14.6. The average Bonchev–Trinajstić information content (AvgIpc) is 3.39. The Morgan fingerprint density at radius 3 is 2.28 bits per heavy atom. The standard InChI is InChI=1S/C32H39F5N8O5/c1-16-24(43-50-42-16)28(47)41-26(18-7-9-31(33,34)10-8-18)22-15-45-23(39-22)11-19(12-38-45)25(17-5-6-17)40-27(46)20-13-44(14-21(20)32(35,36)37)29(48)49-30(2,3)4/h11-12,15,17-18,20-21,25-26H,5-10,13-14H2,1-4H3,(H,40,46)(H,41,47)/t20?,21?,25-,26+/m1/s1. The molecule has 2 unspecified atom stereocenters. The van der Waals surface area contributed by atoms with E-state index >= 15 is 0 Å². The first-order chi connectivity index (χ1) is 23.4. The van der Waals surface area contributed by atoms with Crippen LogP contribution in [-0.4, -0.2) is 78.5 Å². The van der Waals surface area contributed by atoms with E-state index in [-0.39, 0.29) is 48.9 Å². The molecule has 1 aliphatic heterocycles. The summed E-state index contributed by atoms with van der Waals surface area (Å²) in [5, 5.41) is 17.4. The van der Waals surface area contributed by atoms with E-state index in [4.69, 9.17) is 4.74 Å². The number of rotatable bonds is 8. The van der Waals surface area contributed by atoms with Crippen LogP contribution in [0.5, 0.6) is 0 Å². The second kappa shape index (κ2) is 13.1. The fraction of sp³-hybridized carbons (Fsp3) is 0.656. The Balaban J connectivity index is 1.24. The van der Waals surface area contributed by atoms with Crippen LogP contribution in [0.4, 0.5) is 26.7 Å². The lowest BCUT2D eigenvalue weighted by Crippen LogP contribution is -2.42. The highest BCUT2D eigenvalue weighted by atomic mass is 19.4. The maximum absolute atomic E-state index is 14.1. The number of alkyl halides is 5. The van der Waals surface area contributed by atoms with Crippen LogP contribution in [0.15, 0.2) is 23.1 Å². The Labute approximate surface area is 283 Å². The molecule has 4 heterocycles. The molecule has 6 rings (SSSR count). The van der Waals surface area contributed by atoms with Crippen LogP contribution in [0.3, 0.4) is 0 Å². The molecule has 2 N–H and O–H groups in total. The molecule has 0 radical (unpaired) electrons. The topological polar surface area (TPSA) is 157 Å². The van der Waals surface area contributed by atoms with Gasteiger partial charge in [-0.25, -0.2) is 27.7 Å². The Morgan fingerprint density at radius 1 is 1.00 bits per heavy atom. The van der Waals surface area contributed by atoms with E-state index in [2.05, 4.69) is 35.7 Å². The molecule has 2 saturated carbocycles. The summed E-state index contributed by atoms with van der Waals surface area (Å²) in [6.45, 7) is 5.20. The second-order valence-electron chi connectivity index (χ2n) is 14.6. The molecule has 3 aliphatic rings. The third-order valence-electron chi connectivity index (χ3n) is 9.55. The molecule has 3 amide bonds. The van der Waals surface area contributed by atoms with E-state index in [0.717, 1.165) is 17.7 Å². The minimum Gasteiger partial charge on any atom is -0.444 e. The zero-order valence-electron chi connectivity index (χ0n) is 28.0. The Hall–Kier alpha value is -4.38. The number of fused-ring (bicyclic) bond motifs is 1. The zero-order valence-corrected chi connectivity index (χ0v) is 28.0. The van der Waals surface area contributed by atoms with Gasteiger partial charge in [0.25, 0.3) is 5.91 Å². The molecule has 3 aromatic heterocycles. The number of halogens is 5. The smallest absolute Gasteiger partial charge is 0.410 e. The molecule has 4 atom stereocenters. The number of nitrogens with zero attached hydrogens (tertiary/aromatic N) is 6. The van der Waals surface area contributed by atoms with E-state index < -0.39 is 72.6 Å². The number of aryl methyl sites for hydroxylation is 1. The summed E-state index contributed by atoms with van der Waals surface area (Å²) in [7, 11) is 0. The Kier molecular flexibility index (Phi) is 9.26. The highest BCUT2D eigenvalue weighted by Gasteiger charge is 2.54. The van der Waals surface area contributed by atoms with E-state index in [1.807, 2.05) is 0 Å². The fourth-order valence-corrected chi connectivity index (χ4v) is 6.75.